The van der Waals surface area contributed by atoms with E-state index in [4.69, 9.17) is 21.4 Å². The average molecular weight is 241 g/mol. The molecule has 1 aromatic rings. The van der Waals surface area contributed by atoms with Crippen molar-refractivity contribution >= 4 is 17.6 Å². The number of carboxylic acids is 1. The number of aliphatic carboxylic acids is 1. The standard InChI is InChI=1S/C12H13ClO3/c1-12(7-11(14)15)5-4-8-6-9(13)2-3-10(8)16-12/h2-3,6H,4-5,7H2,1H3,(H,14,15). The van der Waals surface area contributed by atoms with Crippen LogP contribution in [0.25, 0.3) is 0 Å². The summed E-state index contributed by atoms with van der Waals surface area (Å²) in [6.45, 7) is 1.83. The maximum absolute atomic E-state index is 10.7. The molecular formula is C12H13ClO3. The van der Waals surface area contributed by atoms with Gasteiger partial charge >= 0.3 is 5.97 Å². The van der Waals surface area contributed by atoms with Gasteiger partial charge in [0, 0.05) is 5.02 Å². The number of hydrogen-bond donors (Lipinski definition) is 1. The van der Waals surface area contributed by atoms with Crippen molar-refractivity contribution in [1.82, 2.24) is 0 Å². The van der Waals surface area contributed by atoms with Gasteiger partial charge in [-0.2, -0.15) is 0 Å². The van der Waals surface area contributed by atoms with Crippen LogP contribution in [0.2, 0.25) is 5.02 Å². The normalized spacial score (nSPS) is 23.4. The zero-order valence-electron chi connectivity index (χ0n) is 9.00. The summed E-state index contributed by atoms with van der Waals surface area (Å²) in [7, 11) is 0. The number of benzene rings is 1. The highest BCUT2D eigenvalue weighted by atomic mass is 35.5. The fraction of sp³-hybridized carbons (Fsp3) is 0.417. The Hall–Kier alpha value is -1.22. The van der Waals surface area contributed by atoms with Crippen LogP contribution in [0.15, 0.2) is 18.2 Å². The molecule has 16 heavy (non-hydrogen) atoms. The summed E-state index contributed by atoms with van der Waals surface area (Å²) >= 11 is 5.88. The molecule has 1 aliphatic heterocycles. The van der Waals surface area contributed by atoms with Crippen molar-refractivity contribution in [3.63, 3.8) is 0 Å². The Bertz CT molecular complexity index is 430. The van der Waals surface area contributed by atoms with Crippen molar-refractivity contribution in [3.05, 3.63) is 28.8 Å². The van der Waals surface area contributed by atoms with Gasteiger partial charge in [-0.05, 0) is 43.5 Å². The molecule has 0 amide bonds. The van der Waals surface area contributed by atoms with Crippen LogP contribution in [0.1, 0.15) is 25.3 Å². The van der Waals surface area contributed by atoms with Crippen molar-refractivity contribution in [2.75, 3.05) is 0 Å². The SMILES string of the molecule is CC1(CC(=O)O)CCc2cc(Cl)ccc2O1. The Morgan fingerprint density at radius 2 is 2.38 bits per heavy atom. The lowest BCUT2D eigenvalue weighted by molar-refractivity contribution is -0.141. The number of ether oxygens (including phenoxy) is 1. The molecule has 3 nitrogen and oxygen atoms in total. The van der Waals surface area contributed by atoms with Gasteiger partial charge in [0.1, 0.15) is 11.4 Å². The van der Waals surface area contributed by atoms with Gasteiger partial charge in [0.05, 0.1) is 6.42 Å². The summed E-state index contributed by atoms with van der Waals surface area (Å²) in [5.41, 5.74) is 0.447. The predicted molar refractivity (Wildman–Crippen MR) is 61.1 cm³/mol. The molecule has 0 radical (unpaired) electrons. The molecule has 4 heteroatoms. The van der Waals surface area contributed by atoms with E-state index in [0.717, 1.165) is 17.7 Å². The summed E-state index contributed by atoms with van der Waals surface area (Å²) in [5.74, 6) is -0.0840. The van der Waals surface area contributed by atoms with Crippen LogP contribution >= 0.6 is 11.6 Å². The van der Waals surface area contributed by atoms with E-state index >= 15 is 0 Å². The number of carboxylic acid groups (broad SMARTS) is 1. The van der Waals surface area contributed by atoms with Crippen molar-refractivity contribution in [3.8, 4) is 5.75 Å². The Morgan fingerprint density at radius 3 is 3.06 bits per heavy atom. The fourth-order valence-corrected chi connectivity index (χ4v) is 2.20. The zero-order valence-corrected chi connectivity index (χ0v) is 9.75. The van der Waals surface area contributed by atoms with Gasteiger partial charge in [0.2, 0.25) is 0 Å². The smallest absolute Gasteiger partial charge is 0.307 e. The molecule has 0 spiro atoms. The van der Waals surface area contributed by atoms with E-state index < -0.39 is 11.6 Å². The molecule has 0 saturated carbocycles. The molecule has 1 unspecified atom stereocenters. The highest BCUT2D eigenvalue weighted by molar-refractivity contribution is 6.30. The first-order valence-electron chi connectivity index (χ1n) is 5.18. The summed E-state index contributed by atoms with van der Waals surface area (Å²) < 4.78 is 5.75. The number of rotatable bonds is 2. The molecule has 1 aromatic carbocycles. The van der Waals surface area contributed by atoms with Crippen LogP contribution in [0.3, 0.4) is 0 Å². The minimum atomic E-state index is -0.833. The molecule has 0 fully saturated rings. The second-order valence-corrected chi connectivity index (χ2v) is 4.81. The summed E-state index contributed by atoms with van der Waals surface area (Å²) in [6, 6.07) is 5.43. The fourth-order valence-electron chi connectivity index (χ4n) is 2.00. The monoisotopic (exact) mass is 240 g/mol. The van der Waals surface area contributed by atoms with Crippen LogP contribution in [-0.2, 0) is 11.2 Å². The van der Waals surface area contributed by atoms with E-state index in [-0.39, 0.29) is 6.42 Å². The lowest BCUT2D eigenvalue weighted by Gasteiger charge is -2.34. The van der Waals surface area contributed by atoms with Gasteiger partial charge in [0.15, 0.2) is 0 Å². The highest BCUT2D eigenvalue weighted by Gasteiger charge is 2.33. The molecule has 1 atom stereocenters. The van der Waals surface area contributed by atoms with Crippen LogP contribution in [0, 0.1) is 0 Å². The van der Waals surface area contributed by atoms with Gasteiger partial charge in [0.25, 0.3) is 0 Å². The molecule has 86 valence electrons. The molecular weight excluding hydrogens is 228 g/mol. The lowest BCUT2D eigenvalue weighted by atomic mass is 9.90. The van der Waals surface area contributed by atoms with Gasteiger partial charge in [-0.3, -0.25) is 4.79 Å². The summed E-state index contributed by atoms with van der Waals surface area (Å²) in [4.78, 5) is 10.7. The molecule has 1 heterocycles. The molecule has 1 aliphatic rings. The predicted octanol–water partition coefficient (Wildman–Crippen LogP) is 2.90. The van der Waals surface area contributed by atoms with Crippen molar-refractivity contribution < 1.29 is 14.6 Å². The van der Waals surface area contributed by atoms with Crippen LogP contribution < -0.4 is 4.74 Å². The molecule has 0 aliphatic carbocycles. The van der Waals surface area contributed by atoms with Gasteiger partial charge < -0.3 is 9.84 Å². The quantitative estimate of drug-likeness (QED) is 0.865. The first-order valence-corrected chi connectivity index (χ1v) is 5.56. The molecule has 1 N–H and O–H groups in total. The molecule has 2 rings (SSSR count). The van der Waals surface area contributed by atoms with Crippen molar-refractivity contribution in [2.45, 2.75) is 31.8 Å². The van der Waals surface area contributed by atoms with Crippen LogP contribution in [0.5, 0.6) is 5.75 Å². The number of aryl methyl sites for hydroxylation is 1. The van der Waals surface area contributed by atoms with Crippen LogP contribution in [0.4, 0.5) is 0 Å². The van der Waals surface area contributed by atoms with E-state index in [1.807, 2.05) is 13.0 Å². The summed E-state index contributed by atoms with van der Waals surface area (Å²) in [5, 5.41) is 9.51. The number of carbonyl (C=O) groups is 1. The minimum Gasteiger partial charge on any atom is -0.487 e. The minimum absolute atomic E-state index is 0.0229. The lowest BCUT2D eigenvalue weighted by Crippen LogP contribution is -2.38. The average Bonchev–Trinajstić information content (AvgIpc) is 2.17. The van der Waals surface area contributed by atoms with Crippen molar-refractivity contribution in [2.24, 2.45) is 0 Å². The maximum Gasteiger partial charge on any atom is 0.307 e. The Balaban J connectivity index is 2.23. The van der Waals surface area contributed by atoms with E-state index in [1.54, 1.807) is 12.1 Å². The van der Waals surface area contributed by atoms with E-state index in [1.165, 1.54) is 0 Å². The van der Waals surface area contributed by atoms with Gasteiger partial charge in [-0.1, -0.05) is 11.6 Å². The second kappa shape index (κ2) is 3.98. The third kappa shape index (κ3) is 2.30. The molecule has 0 bridgehead atoms. The van der Waals surface area contributed by atoms with Crippen LogP contribution in [-0.4, -0.2) is 16.7 Å². The highest BCUT2D eigenvalue weighted by Crippen LogP contribution is 2.36. The number of halogens is 1. The number of hydrogen-bond acceptors (Lipinski definition) is 2. The topological polar surface area (TPSA) is 46.5 Å². The van der Waals surface area contributed by atoms with Gasteiger partial charge in [-0.15, -0.1) is 0 Å². The second-order valence-electron chi connectivity index (χ2n) is 4.37. The van der Waals surface area contributed by atoms with E-state index in [2.05, 4.69) is 0 Å². The Morgan fingerprint density at radius 1 is 1.62 bits per heavy atom. The summed E-state index contributed by atoms with van der Waals surface area (Å²) in [6.07, 6.45) is 1.53. The third-order valence-corrected chi connectivity index (χ3v) is 3.06. The van der Waals surface area contributed by atoms with Gasteiger partial charge in [-0.25, -0.2) is 0 Å². The first kappa shape index (κ1) is 11.3. The number of fused-ring (bicyclic) bond motifs is 1. The molecule has 0 aromatic heterocycles. The van der Waals surface area contributed by atoms with E-state index in [0.29, 0.717) is 11.4 Å². The Labute approximate surface area is 99.0 Å². The first-order chi connectivity index (χ1) is 7.48. The maximum atomic E-state index is 10.7. The van der Waals surface area contributed by atoms with E-state index in [9.17, 15) is 4.79 Å². The molecule has 0 saturated heterocycles. The largest absolute Gasteiger partial charge is 0.487 e. The zero-order chi connectivity index (χ0) is 11.8. The van der Waals surface area contributed by atoms with Crippen molar-refractivity contribution in [1.29, 1.82) is 0 Å². The Kier molecular flexibility index (Phi) is 2.80. The third-order valence-electron chi connectivity index (χ3n) is 2.83.